The quantitative estimate of drug-likeness (QED) is 0.739. The SMILES string of the molecule is C=CCON1C(=O)N2C[C@H]1C(c1cnco1)=C[C@@H]2COC. The number of carbonyl (C=O) groups is 1. The lowest BCUT2D eigenvalue weighted by Gasteiger charge is -2.28. The molecule has 0 aliphatic carbocycles. The van der Waals surface area contributed by atoms with Crippen LogP contribution in [0.25, 0.3) is 5.57 Å². The summed E-state index contributed by atoms with van der Waals surface area (Å²) in [5.41, 5.74) is 0.890. The second-order valence-electron chi connectivity index (χ2n) is 4.87. The summed E-state index contributed by atoms with van der Waals surface area (Å²) in [6.07, 6.45) is 6.60. The lowest BCUT2D eigenvalue weighted by atomic mass is 9.98. The van der Waals surface area contributed by atoms with Crippen LogP contribution >= 0.6 is 0 Å². The molecule has 2 amide bonds. The van der Waals surface area contributed by atoms with Crippen LogP contribution in [0.1, 0.15) is 5.76 Å². The van der Waals surface area contributed by atoms with Crippen LogP contribution in [0.4, 0.5) is 4.79 Å². The van der Waals surface area contributed by atoms with Gasteiger partial charge in [0.1, 0.15) is 6.04 Å². The molecule has 0 aromatic carbocycles. The van der Waals surface area contributed by atoms with Crippen molar-refractivity contribution >= 4 is 11.6 Å². The van der Waals surface area contributed by atoms with Gasteiger partial charge in [-0.2, -0.15) is 5.06 Å². The summed E-state index contributed by atoms with van der Waals surface area (Å²) in [4.78, 5) is 23.6. The minimum atomic E-state index is -0.210. The molecule has 0 spiro atoms. The third-order valence-corrected chi connectivity index (χ3v) is 3.60. The average Bonchev–Trinajstić information content (AvgIpc) is 3.10. The van der Waals surface area contributed by atoms with Gasteiger partial charge in [0.05, 0.1) is 32.0 Å². The van der Waals surface area contributed by atoms with E-state index >= 15 is 0 Å². The number of urea groups is 1. The van der Waals surface area contributed by atoms with Crippen molar-refractivity contribution < 1.29 is 18.8 Å². The molecule has 112 valence electrons. The van der Waals surface area contributed by atoms with Gasteiger partial charge in [-0.1, -0.05) is 12.2 Å². The van der Waals surface area contributed by atoms with E-state index in [1.54, 1.807) is 24.3 Å². The smallest absolute Gasteiger partial charge is 0.345 e. The second-order valence-corrected chi connectivity index (χ2v) is 4.87. The van der Waals surface area contributed by atoms with E-state index in [0.717, 1.165) is 5.57 Å². The van der Waals surface area contributed by atoms with Crippen molar-refractivity contribution in [1.82, 2.24) is 14.9 Å². The zero-order valence-corrected chi connectivity index (χ0v) is 11.8. The monoisotopic (exact) mass is 291 g/mol. The van der Waals surface area contributed by atoms with Gasteiger partial charge in [0.25, 0.3) is 0 Å². The number of oxazole rings is 1. The summed E-state index contributed by atoms with van der Waals surface area (Å²) in [6, 6.07) is -0.524. The van der Waals surface area contributed by atoms with Gasteiger partial charge in [-0.15, -0.1) is 6.58 Å². The highest BCUT2D eigenvalue weighted by Crippen LogP contribution is 2.35. The van der Waals surface area contributed by atoms with E-state index in [4.69, 9.17) is 14.0 Å². The topological polar surface area (TPSA) is 68.0 Å². The van der Waals surface area contributed by atoms with Gasteiger partial charge < -0.3 is 14.1 Å². The van der Waals surface area contributed by atoms with Crippen LogP contribution in [0.2, 0.25) is 0 Å². The zero-order chi connectivity index (χ0) is 14.8. The fourth-order valence-electron chi connectivity index (χ4n) is 2.70. The maximum absolute atomic E-state index is 12.5. The first-order valence-corrected chi connectivity index (χ1v) is 6.69. The van der Waals surface area contributed by atoms with Crippen LogP contribution in [0.5, 0.6) is 0 Å². The standard InChI is InChI=1S/C14H17N3O4/c1-3-4-21-17-12-7-16(14(17)18)10(8-19-2)5-11(12)13-6-15-9-20-13/h3,5-6,9-10,12H,1,4,7-8H2,2H3/t10-,12+/m1/s1. The number of carbonyl (C=O) groups excluding carboxylic acids is 1. The van der Waals surface area contributed by atoms with E-state index in [9.17, 15) is 4.79 Å². The van der Waals surface area contributed by atoms with E-state index in [2.05, 4.69) is 11.6 Å². The normalized spacial score (nSPS) is 24.4. The number of fused-ring (bicyclic) bond motifs is 2. The summed E-state index contributed by atoms with van der Waals surface area (Å²) in [5.74, 6) is 0.641. The number of aromatic nitrogens is 1. The fraction of sp³-hybridized carbons (Fsp3) is 0.429. The molecule has 0 N–H and O–H groups in total. The number of nitrogens with zero attached hydrogens (tertiary/aromatic N) is 3. The maximum Gasteiger partial charge on any atom is 0.345 e. The third-order valence-electron chi connectivity index (χ3n) is 3.60. The van der Waals surface area contributed by atoms with Crippen LogP contribution in [0, 0.1) is 0 Å². The Morgan fingerprint density at radius 3 is 3.14 bits per heavy atom. The van der Waals surface area contributed by atoms with Gasteiger partial charge >= 0.3 is 6.03 Å². The Kier molecular flexibility index (Phi) is 3.76. The zero-order valence-electron chi connectivity index (χ0n) is 11.8. The van der Waals surface area contributed by atoms with E-state index < -0.39 is 0 Å². The van der Waals surface area contributed by atoms with Crippen molar-refractivity contribution in [2.24, 2.45) is 0 Å². The molecule has 2 aliphatic rings. The Labute approximate surface area is 122 Å². The first-order chi connectivity index (χ1) is 10.3. The van der Waals surface area contributed by atoms with Gasteiger partial charge in [0, 0.05) is 12.7 Å². The molecule has 1 fully saturated rings. The van der Waals surface area contributed by atoms with Gasteiger partial charge in [0.2, 0.25) is 0 Å². The summed E-state index contributed by atoms with van der Waals surface area (Å²) >= 11 is 0. The molecule has 7 nitrogen and oxygen atoms in total. The molecular formula is C14H17N3O4. The fourth-order valence-corrected chi connectivity index (χ4v) is 2.70. The molecule has 1 aromatic rings. The van der Waals surface area contributed by atoms with Crippen molar-refractivity contribution in [1.29, 1.82) is 0 Å². The van der Waals surface area contributed by atoms with Gasteiger partial charge in [-0.05, 0) is 0 Å². The number of amides is 2. The second kappa shape index (κ2) is 5.71. The van der Waals surface area contributed by atoms with E-state index in [1.165, 1.54) is 11.5 Å². The minimum Gasteiger partial charge on any atom is -0.444 e. The van der Waals surface area contributed by atoms with Gasteiger partial charge in [0.15, 0.2) is 12.2 Å². The molecule has 1 aromatic heterocycles. The molecule has 3 heterocycles. The van der Waals surface area contributed by atoms with E-state index in [0.29, 0.717) is 18.9 Å². The van der Waals surface area contributed by atoms with Crippen LogP contribution < -0.4 is 0 Å². The molecule has 21 heavy (non-hydrogen) atoms. The Morgan fingerprint density at radius 2 is 2.48 bits per heavy atom. The number of hydrogen-bond donors (Lipinski definition) is 0. The third kappa shape index (κ3) is 2.34. The van der Waals surface area contributed by atoms with Crippen molar-refractivity contribution in [3.05, 3.63) is 37.1 Å². The highest BCUT2D eigenvalue weighted by Gasteiger charge is 2.47. The minimum absolute atomic E-state index is 0.142. The van der Waals surface area contributed by atoms with Crippen LogP contribution in [0.3, 0.4) is 0 Å². The number of hydrogen-bond acceptors (Lipinski definition) is 5. The molecule has 2 bridgehead atoms. The van der Waals surface area contributed by atoms with Crippen LogP contribution in [-0.4, -0.2) is 59.9 Å². The largest absolute Gasteiger partial charge is 0.444 e. The predicted molar refractivity (Wildman–Crippen MR) is 74.0 cm³/mol. The number of ether oxygens (including phenoxy) is 1. The number of hydroxylamine groups is 2. The number of rotatable bonds is 6. The molecule has 2 aliphatic heterocycles. The lowest BCUT2D eigenvalue weighted by molar-refractivity contribution is -0.106. The van der Waals surface area contributed by atoms with Crippen molar-refractivity contribution in [2.45, 2.75) is 12.1 Å². The molecule has 7 heteroatoms. The maximum atomic E-state index is 12.5. The first kappa shape index (κ1) is 13.8. The highest BCUT2D eigenvalue weighted by atomic mass is 16.7. The van der Waals surface area contributed by atoms with Crippen molar-refractivity contribution in [2.75, 3.05) is 26.9 Å². The molecule has 0 radical (unpaired) electrons. The highest BCUT2D eigenvalue weighted by molar-refractivity contribution is 5.84. The Balaban J connectivity index is 1.93. The van der Waals surface area contributed by atoms with Crippen molar-refractivity contribution in [3.8, 4) is 0 Å². The van der Waals surface area contributed by atoms with E-state index in [-0.39, 0.29) is 24.7 Å². The van der Waals surface area contributed by atoms with Crippen LogP contribution in [-0.2, 0) is 9.57 Å². The summed E-state index contributed by atoms with van der Waals surface area (Å²) in [6.45, 7) is 4.84. The number of methoxy groups -OCH3 is 1. The lowest BCUT2D eigenvalue weighted by Crippen LogP contribution is -2.41. The Bertz CT molecular complexity index is 555. The van der Waals surface area contributed by atoms with E-state index in [1.807, 2.05) is 6.08 Å². The summed E-state index contributed by atoms with van der Waals surface area (Å²) < 4.78 is 10.6. The van der Waals surface area contributed by atoms with Gasteiger partial charge in [-0.3, -0.25) is 4.84 Å². The Morgan fingerprint density at radius 1 is 1.62 bits per heavy atom. The van der Waals surface area contributed by atoms with Crippen molar-refractivity contribution in [3.63, 3.8) is 0 Å². The molecule has 1 saturated heterocycles. The Hall–Kier alpha value is -2.12. The van der Waals surface area contributed by atoms with Gasteiger partial charge in [-0.25, -0.2) is 9.78 Å². The first-order valence-electron chi connectivity index (χ1n) is 6.69. The summed E-state index contributed by atoms with van der Waals surface area (Å²) in [7, 11) is 1.61. The average molecular weight is 291 g/mol. The molecular weight excluding hydrogens is 274 g/mol. The predicted octanol–water partition coefficient (Wildman–Crippen LogP) is 1.31. The molecule has 2 atom stereocenters. The molecule has 0 unspecified atom stereocenters. The van der Waals surface area contributed by atoms with Crippen LogP contribution in [0.15, 0.2) is 35.7 Å². The summed E-state index contributed by atoms with van der Waals surface area (Å²) in [5, 5.41) is 1.38. The molecule has 3 rings (SSSR count). The molecule has 0 saturated carbocycles.